The number of ether oxygens (including phenoxy) is 1. The number of thiophene rings is 1. The minimum absolute atomic E-state index is 0.0683. The number of amides is 1. The lowest BCUT2D eigenvalue weighted by molar-refractivity contribution is -0.119. The van der Waals surface area contributed by atoms with Crippen molar-refractivity contribution in [3.8, 4) is 5.75 Å². The van der Waals surface area contributed by atoms with Gasteiger partial charge in [0.1, 0.15) is 5.75 Å². The van der Waals surface area contributed by atoms with E-state index in [1.807, 2.05) is 13.0 Å². The molecule has 0 aliphatic heterocycles. The van der Waals surface area contributed by atoms with E-state index in [-0.39, 0.29) is 24.1 Å². The minimum atomic E-state index is -0.122. The van der Waals surface area contributed by atoms with Crippen LogP contribution in [0.1, 0.15) is 45.2 Å². The van der Waals surface area contributed by atoms with E-state index in [4.69, 9.17) is 4.74 Å². The Kier molecular flexibility index (Phi) is 6.26. The molecule has 1 heterocycles. The molecule has 0 unspecified atom stereocenters. The van der Waals surface area contributed by atoms with E-state index in [0.717, 1.165) is 4.88 Å². The average Bonchev–Trinajstić information content (AvgIpc) is 3.06. The predicted octanol–water partition coefficient (Wildman–Crippen LogP) is 3.24. The van der Waals surface area contributed by atoms with Gasteiger partial charge >= 0.3 is 0 Å². The summed E-state index contributed by atoms with van der Waals surface area (Å²) < 4.78 is 5.47. The zero-order valence-electron chi connectivity index (χ0n) is 13.6. The molecule has 1 aromatic heterocycles. The van der Waals surface area contributed by atoms with E-state index in [2.05, 4.69) is 5.32 Å². The molecule has 0 aliphatic rings. The largest absolute Gasteiger partial charge is 0.485 e. The lowest BCUT2D eigenvalue weighted by Gasteiger charge is -2.05. The van der Waals surface area contributed by atoms with Crippen molar-refractivity contribution in [2.45, 2.75) is 26.8 Å². The van der Waals surface area contributed by atoms with E-state index < -0.39 is 0 Å². The lowest BCUT2D eigenvalue weighted by Crippen LogP contribution is -2.18. The standard InChI is InChI=1S/C18H19NO4S/c1-3-16(21)13-4-6-14(7-5-13)23-11-17(22)18-9-8-15(24-18)10-19-12(2)20/h4-9H,3,10-11H2,1-2H3,(H,19,20). The molecule has 0 saturated carbocycles. The number of hydrogen-bond acceptors (Lipinski definition) is 5. The van der Waals surface area contributed by atoms with Crippen LogP contribution in [0.5, 0.6) is 5.75 Å². The molecular formula is C18H19NO4S. The Hall–Kier alpha value is -2.47. The van der Waals surface area contributed by atoms with Gasteiger partial charge in [-0.2, -0.15) is 0 Å². The quantitative estimate of drug-likeness (QED) is 0.746. The maximum Gasteiger partial charge on any atom is 0.217 e. The Balaban J connectivity index is 1.88. The van der Waals surface area contributed by atoms with Crippen LogP contribution in [0.15, 0.2) is 36.4 Å². The van der Waals surface area contributed by atoms with Gasteiger partial charge in [-0.1, -0.05) is 6.92 Å². The second kappa shape index (κ2) is 8.40. The van der Waals surface area contributed by atoms with Crippen molar-refractivity contribution in [3.05, 3.63) is 51.7 Å². The third kappa shape index (κ3) is 5.03. The van der Waals surface area contributed by atoms with Gasteiger partial charge in [-0.3, -0.25) is 14.4 Å². The second-order valence-corrected chi connectivity index (χ2v) is 6.36. The van der Waals surface area contributed by atoms with Crippen molar-refractivity contribution in [2.75, 3.05) is 6.61 Å². The zero-order valence-corrected chi connectivity index (χ0v) is 14.4. The lowest BCUT2D eigenvalue weighted by atomic mass is 10.1. The molecule has 0 atom stereocenters. The molecule has 0 saturated heterocycles. The summed E-state index contributed by atoms with van der Waals surface area (Å²) in [5, 5.41) is 2.69. The van der Waals surface area contributed by atoms with Crippen molar-refractivity contribution in [1.29, 1.82) is 0 Å². The van der Waals surface area contributed by atoms with Crippen LogP contribution in [0, 0.1) is 0 Å². The van der Waals surface area contributed by atoms with E-state index in [1.165, 1.54) is 18.3 Å². The van der Waals surface area contributed by atoms with Gasteiger partial charge in [0.25, 0.3) is 0 Å². The molecule has 5 nitrogen and oxygen atoms in total. The Bertz CT molecular complexity index is 734. The molecule has 1 aromatic carbocycles. The summed E-state index contributed by atoms with van der Waals surface area (Å²) in [4.78, 5) is 36.1. The molecule has 24 heavy (non-hydrogen) atoms. The zero-order chi connectivity index (χ0) is 17.5. The topological polar surface area (TPSA) is 72.5 Å². The van der Waals surface area contributed by atoms with Crippen LogP contribution in [0.2, 0.25) is 0 Å². The highest BCUT2D eigenvalue weighted by molar-refractivity contribution is 7.14. The van der Waals surface area contributed by atoms with Crippen LogP contribution in [-0.4, -0.2) is 24.1 Å². The van der Waals surface area contributed by atoms with Crippen LogP contribution in [0.25, 0.3) is 0 Å². The van der Waals surface area contributed by atoms with E-state index >= 15 is 0 Å². The first-order chi connectivity index (χ1) is 11.5. The van der Waals surface area contributed by atoms with E-state index in [9.17, 15) is 14.4 Å². The van der Waals surface area contributed by atoms with E-state index in [0.29, 0.717) is 29.2 Å². The van der Waals surface area contributed by atoms with Crippen molar-refractivity contribution >= 4 is 28.8 Å². The van der Waals surface area contributed by atoms with Gasteiger partial charge in [-0.15, -0.1) is 11.3 Å². The summed E-state index contributed by atoms with van der Waals surface area (Å²) in [5.74, 6) is 0.390. The van der Waals surface area contributed by atoms with Crippen LogP contribution in [-0.2, 0) is 11.3 Å². The molecule has 0 radical (unpaired) electrons. The number of rotatable bonds is 8. The Morgan fingerprint density at radius 1 is 1.04 bits per heavy atom. The number of nitrogens with one attached hydrogen (secondary N) is 1. The van der Waals surface area contributed by atoms with Crippen molar-refractivity contribution in [1.82, 2.24) is 5.32 Å². The summed E-state index contributed by atoms with van der Waals surface area (Å²) in [5.41, 5.74) is 0.636. The molecule has 6 heteroatoms. The predicted molar refractivity (Wildman–Crippen MR) is 92.7 cm³/mol. The number of Topliss-reactive ketones (excluding diaryl/α,β-unsaturated/α-hetero) is 2. The number of carbonyl (C=O) groups excluding carboxylic acids is 3. The molecule has 0 spiro atoms. The van der Waals surface area contributed by atoms with Crippen LogP contribution >= 0.6 is 11.3 Å². The van der Waals surface area contributed by atoms with Crippen LogP contribution < -0.4 is 10.1 Å². The molecule has 1 N–H and O–H groups in total. The average molecular weight is 345 g/mol. The third-order valence-electron chi connectivity index (χ3n) is 3.32. The van der Waals surface area contributed by atoms with Gasteiger partial charge in [-0.25, -0.2) is 0 Å². The molecule has 126 valence electrons. The SMILES string of the molecule is CCC(=O)c1ccc(OCC(=O)c2ccc(CNC(C)=O)s2)cc1. The summed E-state index contributed by atoms with van der Waals surface area (Å²) in [6.07, 6.45) is 0.456. The minimum Gasteiger partial charge on any atom is -0.485 e. The molecule has 2 aromatic rings. The number of ketones is 2. The first-order valence-electron chi connectivity index (χ1n) is 7.62. The first-order valence-corrected chi connectivity index (χ1v) is 8.43. The fourth-order valence-corrected chi connectivity index (χ4v) is 2.87. The van der Waals surface area contributed by atoms with Gasteiger partial charge in [0.05, 0.1) is 11.4 Å². The van der Waals surface area contributed by atoms with E-state index in [1.54, 1.807) is 30.3 Å². The maximum atomic E-state index is 12.1. The van der Waals surface area contributed by atoms with Crippen LogP contribution in [0.4, 0.5) is 0 Å². The normalized spacial score (nSPS) is 10.2. The summed E-state index contributed by atoms with van der Waals surface area (Å²) in [6.45, 7) is 3.61. The molecule has 2 rings (SSSR count). The number of benzene rings is 1. The first kappa shape index (κ1) is 17.9. The molecular weight excluding hydrogens is 326 g/mol. The fourth-order valence-electron chi connectivity index (χ4n) is 2.00. The fraction of sp³-hybridized carbons (Fsp3) is 0.278. The highest BCUT2D eigenvalue weighted by atomic mass is 32.1. The second-order valence-electron chi connectivity index (χ2n) is 5.19. The number of carbonyl (C=O) groups is 3. The summed E-state index contributed by atoms with van der Waals surface area (Å²) in [7, 11) is 0. The molecule has 0 bridgehead atoms. The van der Waals surface area contributed by atoms with Crippen molar-refractivity contribution in [2.24, 2.45) is 0 Å². The molecule has 0 aliphatic carbocycles. The van der Waals surface area contributed by atoms with Gasteiger partial charge in [0.2, 0.25) is 11.7 Å². The number of hydrogen-bond donors (Lipinski definition) is 1. The maximum absolute atomic E-state index is 12.1. The Labute approximate surface area is 144 Å². The summed E-state index contributed by atoms with van der Waals surface area (Å²) in [6, 6.07) is 10.3. The highest BCUT2D eigenvalue weighted by Gasteiger charge is 2.11. The Morgan fingerprint density at radius 2 is 1.75 bits per heavy atom. The molecule has 1 amide bonds. The summed E-state index contributed by atoms with van der Waals surface area (Å²) >= 11 is 1.34. The highest BCUT2D eigenvalue weighted by Crippen LogP contribution is 2.18. The van der Waals surface area contributed by atoms with Crippen LogP contribution in [0.3, 0.4) is 0 Å². The van der Waals surface area contributed by atoms with Gasteiger partial charge in [-0.05, 0) is 36.4 Å². The Morgan fingerprint density at radius 3 is 2.38 bits per heavy atom. The smallest absolute Gasteiger partial charge is 0.217 e. The van der Waals surface area contributed by atoms with Gasteiger partial charge < -0.3 is 10.1 Å². The van der Waals surface area contributed by atoms with Gasteiger partial charge in [0.15, 0.2) is 12.4 Å². The monoisotopic (exact) mass is 345 g/mol. The van der Waals surface area contributed by atoms with Crippen molar-refractivity contribution in [3.63, 3.8) is 0 Å². The molecule has 0 fully saturated rings. The van der Waals surface area contributed by atoms with Gasteiger partial charge in [0, 0.05) is 23.8 Å². The van der Waals surface area contributed by atoms with Crippen molar-refractivity contribution < 1.29 is 19.1 Å². The third-order valence-corrected chi connectivity index (χ3v) is 4.44.